The Labute approximate surface area is 148 Å². The molecule has 6 heteroatoms. The Bertz CT molecular complexity index is 675. The molecule has 1 atom stereocenters. The molecule has 1 aromatic rings. The van der Waals surface area contributed by atoms with E-state index in [1.54, 1.807) is 0 Å². The first kappa shape index (κ1) is 16.4. The molecule has 6 nitrogen and oxygen atoms in total. The molecule has 4 rings (SSSR count). The van der Waals surface area contributed by atoms with Gasteiger partial charge in [0, 0.05) is 44.8 Å². The van der Waals surface area contributed by atoms with Crippen molar-refractivity contribution in [1.82, 2.24) is 9.80 Å². The fourth-order valence-electron chi connectivity index (χ4n) is 4.24. The second-order valence-electron chi connectivity index (χ2n) is 7.31. The molecule has 0 spiro atoms. The average molecular weight is 343 g/mol. The highest BCUT2D eigenvalue weighted by Gasteiger charge is 2.49. The van der Waals surface area contributed by atoms with Crippen molar-refractivity contribution in [1.29, 1.82) is 0 Å². The number of nitrogens with zero attached hydrogens (tertiary/aromatic N) is 3. The van der Waals surface area contributed by atoms with Gasteiger partial charge in [-0.1, -0.05) is 19.1 Å². The molecule has 134 valence electrons. The molecule has 1 aromatic carbocycles. The largest absolute Gasteiger partial charge is 0.447 e. The van der Waals surface area contributed by atoms with E-state index in [-0.39, 0.29) is 17.5 Å². The zero-order chi connectivity index (χ0) is 17.4. The molecule has 0 N–H and O–H groups in total. The normalized spacial score (nSPS) is 26.9. The molecular weight excluding hydrogens is 318 g/mol. The lowest BCUT2D eigenvalue weighted by Gasteiger charge is -2.44. The van der Waals surface area contributed by atoms with Crippen molar-refractivity contribution in [2.75, 3.05) is 37.7 Å². The van der Waals surface area contributed by atoms with Crippen molar-refractivity contribution in [2.24, 2.45) is 0 Å². The van der Waals surface area contributed by atoms with Crippen molar-refractivity contribution < 1.29 is 14.3 Å². The number of fused-ring (bicyclic) bond motifs is 1. The second-order valence-corrected chi connectivity index (χ2v) is 7.31. The van der Waals surface area contributed by atoms with Gasteiger partial charge in [0.1, 0.15) is 6.61 Å². The lowest BCUT2D eigenvalue weighted by molar-refractivity contribution is -0.117. The lowest BCUT2D eigenvalue weighted by atomic mass is 9.92. The fraction of sp³-hybridized carbons (Fsp3) is 0.579. The third kappa shape index (κ3) is 2.88. The zero-order valence-electron chi connectivity index (χ0n) is 14.7. The SMILES string of the molecule is CCC12COC(=O)N1CCN(Cc1ccc(N3CCCC3=O)cc1)C2. The highest BCUT2D eigenvalue weighted by Crippen LogP contribution is 2.32. The Kier molecular flexibility index (Phi) is 4.15. The Morgan fingerprint density at radius 2 is 1.92 bits per heavy atom. The van der Waals surface area contributed by atoms with E-state index < -0.39 is 0 Å². The van der Waals surface area contributed by atoms with E-state index in [1.165, 1.54) is 5.56 Å². The Morgan fingerprint density at radius 1 is 1.12 bits per heavy atom. The van der Waals surface area contributed by atoms with Crippen LogP contribution in [-0.2, 0) is 16.1 Å². The van der Waals surface area contributed by atoms with Crippen molar-refractivity contribution in [3.05, 3.63) is 29.8 Å². The van der Waals surface area contributed by atoms with Crippen LogP contribution in [0.25, 0.3) is 0 Å². The lowest BCUT2D eigenvalue weighted by Crippen LogP contribution is -2.60. The number of carbonyl (C=O) groups excluding carboxylic acids is 2. The van der Waals surface area contributed by atoms with Crippen molar-refractivity contribution in [3.63, 3.8) is 0 Å². The zero-order valence-corrected chi connectivity index (χ0v) is 14.7. The molecule has 0 saturated carbocycles. The summed E-state index contributed by atoms with van der Waals surface area (Å²) in [5, 5.41) is 0. The van der Waals surface area contributed by atoms with Gasteiger partial charge in [-0.2, -0.15) is 0 Å². The van der Waals surface area contributed by atoms with Gasteiger partial charge in [0.15, 0.2) is 0 Å². The molecule has 0 bridgehead atoms. The van der Waals surface area contributed by atoms with Crippen molar-refractivity contribution in [3.8, 4) is 0 Å². The standard InChI is InChI=1S/C19H25N3O3/c1-2-19-13-20(10-11-22(19)18(24)25-14-19)12-15-5-7-16(8-6-15)21-9-3-4-17(21)23/h5-8H,2-4,9-14H2,1H3. The number of piperazine rings is 1. The molecule has 3 saturated heterocycles. The van der Waals surface area contributed by atoms with Crippen LogP contribution in [0.4, 0.5) is 10.5 Å². The van der Waals surface area contributed by atoms with Gasteiger partial charge in [0.05, 0.1) is 5.54 Å². The summed E-state index contributed by atoms with van der Waals surface area (Å²) in [5.41, 5.74) is 2.06. The number of ether oxygens (including phenoxy) is 1. The van der Waals surface area contributed by atoms with Crippen molar-refractivity contribution in [2.45, 2.75) is 38.3 Å². The van der Waals surface area contributed by atoms with E-state index in [4.69, 9.17) is 4.74 Å². The molecule has 2 amide bonds. The Hall–Kier alpha value is -2.08. The van der Waals surface area contributed by atoms with Gasteiger partial charge in [-0.3, -0.25) is 14.6 Å². The summed E-state index contributed by atoms with van der Waals surface area (Å²) in [4.78, 5) is 29.9. The summed E-state index contributed by atoms with van der Waals surface area (Å²) >= 11 is 0. The van der Waals surface area contributed by atoms with Crippen LogP contribution in [0.5, 0.6) is 0 Å². The Morgan fingerprint density at radius 3 is 2.60 bits per heavy atom. The maximum atomic E-state index is 11.9. The van der Waals surface area contributed by atoms with Gasteiger partial charge in [0.25, 0.3) is 0 Å². The van der Waals surface area contributed by atoms with Gasteiger partial charge in [0.2, 0.25) is 5.91 Å². The van der Waals surface area contributed by atoms with E-state index in [0.717, 1.165) is 51.3 Å². The van der Waals surface area contributed by atoms with Crippen LogP contribution in [0.2, 0.25) is 0 Å². The minimum Gasteiger partial charge on any atom is -0.447 e. The van der Waals surface area contributed by atoms with Crippen LogP contribution in [0.3, 0.4) is 0 Å². The third-order valence-electron chi connectivity index (χ3n) is 5.80. The quantitative estimate of drug-likeness (QED) is 0.841. The maximum absolute atomic E-state index is 11.9. The first-order valence-corrected chi connectivity index (χ1v) is 9.17. The first-order valence-electron chi connectivity index (χ1n) is 9.17. The minimum atomic E-state index is -0.169. The molecule has 0 radical (unpaired) electrons. The van der Waals surface area contributed by atoms with Crippen LogP contribution >= 0.6 is 0 Å². The van der Waals surface area contributed by atoms with E-state index in [1.807, 2.05) is 21.9 Å². The van der Waals surface area contributed by atoms with Crippen molar-refractivity contribution >= 4 is 17.7 Å². The predicted molar refractivity (Wildman–Crippen MR) is 94.4 cm³/mol. The molecule has 3 fully saturated rings. The average Bonchev–Trinajstić information content (AvgIpc) is 3.20. The number of anilines is 1. The number of hydrogen-bond donors (Lipinski definition) is 0. The van der Waals surface area contributed by atoms with Crippen LogP contribution in [0, 0.1) is 0 Å². The van der Waals surface area contributed by atoms with Gasteiger partial charge in [-0.25, -0.2) is 4.79 Å². The van der Waals surface area contributed by atoms with Crippen LogP contribution in [0.15, 0.2) is 24.3 Å². The number of benzene rings is 1. The molecule has 1 unspecified atom stereocenters. The molecule has 25 heavy (non-hydrogen) atoms. The number of amides is 2. The molecule has 3 heterocycles. The maximum Gasteiger partial charge on any atom is 0.410 e. The summed E-state index contributed by atoms with van der Waals surface area (Å²) in [6, 6.07) is 8.32. The summed E-state index contributed by atoms with van der Waals surface area (Å²) in [6.07, 6.45) is 2.35. The van der Waals surface area contributed by atoms with E-state index in [9.17, 15) is 9.59 Å². The summed E-state index contributed by atoms with van der Waals surface area (Å²) in [6.45, 7) is 6.75. The number of cyclic esters (lactones) is 1. The smallest absolute Gasteiger partial charge is 0.410 e. The van der Waals surface area contributed by atoms with Gasteiger partial charge >= 0.3 is 6.09 Å². The highest BCUT2D eigenvalue weighted by molar-refractivity contribution is 5.95. The van der Waals surface area contributed by atoms with Gasteiger partial charge in [-0.05, 0) is 30.5 Å². The Balaban J connectivity index is 1.42. The van der Waals surface area contributed by atoms with Gasteiger partial charge < -0.3 is 9.64 Å². The minimum absolute atomic E-state index is 0.166. The summed E-state index contributed by atoms with van der Waals surface area (Å²) in [7, 11) is 0. The third-order valence-corrected chi connectivity index (χ3v) is 5.80. The summed E-state index contributed by atoms with van der Waals surface area (Å²) < 4.78 is 5.30. The number of carbonyl (C=O) groups is 2. The summed E-state index contributed by atoms with van der Waals surface area (Å²) in [5.74, 6) is 0.222. The topological polar surface area (TPSA) is 53.1 Å². The van der Waals surface area contributed by atoms with Crippen LogP contribution in [0.1, 0.15) is 31.7 Å². The molecule has 3 aliphatic rings. The van der Waals surface area contributed by atoms with E-state index in [0.29, 0.717) is 13.0 Å². The predicted octanol–water partition coefficient (Wildman–Crippen LogP) is 2.23. The molecular formula is C19H25N3O3. The second kappa shape index (κ2) is 6.33. The monoisotopic (exact) mass is 343 g/mol. The van der Waals surface area contributed by atoms with Crippen LogP contribution < -0.4 is 4.90 Å². The highest BCUT2D eigenvalue weighted by atomic mass is 16.6. The fourth-order valence-corrected chi connectivity index (χ4v) is 4.24. The molecule has 0 aromatic heterocycles. The van der Waals surface area contributed by atoms with Crippen LogP contribution in [-0.4, -0.2) is 60.1 Å². The van der Waals surface area contributed by atoms with E-state index >= 15 is 0 Å². The van der Waals surface area contributed by atoms with E-state index in [2.05, 4.69) is 24.0 Å². The molecule has 0 aliphatic carbocycles. The van der Waals surface area contributed by atoms with Gasteiger partial charge in [-0.15, -0.1) is 0 Å². The number of rotatable bonds is 4. The molecule has 3 aliphatic heterocycles. The first-order chi connectivity index (χ1) is 12.1. The number of hydrogen-bond acceptors (Lipinski definition) is 4.